The number of fused-ring (bicyclic) bond motifs is 1. The van der Waals surface area contributed by atoms with Crippen LogP contribution >= 0.6 is 0 Å². The molecule has 0 unspecified atom stereocenters. The maximum atomic E-state index is 5.95. The average molecular weight is 261 g/mol. The lowest BCUT2D eigenvalue weighted by molar-refractivity contribution is 0.133. The predicted octanol–water partition coefficient (Wildman–Crippen LogP) is 3.86. The third-order valence-corrected chi connectivity index (χ3v) is 3.01. The number of hydrogen-bond donors (Lipinski definition) is 1. The highest BCUT2D eigenvalue weighted by Gasteiger charge is 2.16. The van der Waals surface area contributed by atoms with Crippen molar-refractivity contribution in [1.82, 2.24) is 5.32 Å². The smallest absolute Gasteiger partial charge is 0.134 e. The van der Waals surface area contributed by atoms with Crippen molar-refractivity contribution in [2.45, 2.75) is 46.4 Å². The van der Waals surface area contributed by atoms with Crippen LogP contribution in [0.3, 0.4) is 0 Å². The molecule has 19 heavy (non-hydrogen) atoms. The third-order valence-electron chi connectivity index (χ3n) is 3.01. The van der Waals surface area contributed by atoms with Crippen LogP contribution in [0, 0.1) is 0 Å². The molecular formula is C16H23NO2. The molecule has 104 valence electrons. The molecular weight excluding hydrogens is 238 g/mol. The quantitative estimate of drug-likeness (QED) is 0.887. The number of nitrogens with one attached hydrogen (secondary N) is 1. The van der Waals surface area contributed by atoms with Crippen LogP contribution in [0.5, 0.6) is 0 Å². The maximum absolute atomic E-state index is 5.95. The highest BCUT2D eigenvalue weighted by molar-refractivity contribution is 5.82. The molecule has 0 bridgehead atoms. The van der Waals surface area contributed by atoms with Crippen molar-refractivity contribution in [3.8, 4) is 0 Å². The van der Waals surface area contributed by atoms with Crippen molar-refractivity contribution in [2.24, 2.45) is 0 Å². The van der Waals surface area contributed by atoms with Gasteiger partial charge >= 0.3 is 0 Å². The molecule has 3 heteroatoms. The topological polar surface area (TPSA) is 34.4 Å². The Labute approximate surface area is 114 Å². The van der Waals surface area contributed by atoms with Gasteiger partial charge in [-0.2, -0.15) is 0 Å². The van der Waals surface area contributed by atoms with E-state index in [2.05, 4.69) is 32.2 Å². The Morgan fingerprint density at radius 1 is 1.21 bits per heavy atom. The first-order valence-corrected chi connectivity index (χ1v) is 6.83. The summed E-state index contributed by atoms with van der Waals surface area (Å²) in [6.45, 7) is 10.5. The summed E-state index contributed by atoms with van der Waals surface area (Å²) in [6.07, 6.45) is 0. The number of furan rings is 1. The monoisotopic (exact) mass is 261 g/mol. The Morgan fingerprint density at radius 3 is 2.63 bits per heavy atom. The number of para-hydroxylation sites is 1. The molecule has 0 radical (unpaired) electrons. The number of rotatable bonds is 5. The van der Waals surface area contributed by atoms with Crippen LogP contribution in [0.1, 0.15) is 39.0 Å². The van der Waals surface area contributed by atoms with Crippen molar-refractivity contribution < 1.29 is 9.15 Å². The van der Waals surface area contributed by atoms with E-state index in [1.807, 2.05) is 25.1 Å². The minimum atomic E-state index is 0.0713. The second-order valence-electron chi connectivity index (χ2n) is 5.74. The van der Waals surface area contributed by atoms with Crippen LogP contribution in [0.25, 0.3) is 11.0 Å². The molecule has 0 fully saturated rings. The van der Waals surface area contributed by atoms with Crippen molar-refractivity contribution in [2.75, 3.05) is 6.61 Å². The fourth-order valence-electron chi connectivity index (χ4n) is 2.00. The molecule has 0 aliphatic carbocycles. The molecule has 3 nitrogen and oxygen atoms in total. The van der Waals surface area contributed by atoms with Crippen LogP contribution in [-0.2, 0) is 17.9 Å². The largest absolute Gasteiger partial charge is 0.459 e. The predicted molar refractivity (Wildman–Crippen MR) is 78.1 cm³/mol. The molecule has 2 aromatic rings. The molecule has 0 aliphatic rings. The lowest BCUT2D eigenvalue weighted by atomic mass is 10.1. The van der Waals surface area contributed by atoms with E-state index in [9.17, 15) is 0 Å². The first-order chi connectivity index (χ1) is 9.01. The summed E-state index contributed by atoms with van der Waals surface area (Å²) in [5.74, 6) is 0.976. The Kier molecular flexibility index (Phi) is 4.27. The van der Waals surface area contributed by atoms with Gasteiger partial charge in [-0.15, -0.1) is 0 Å². The normalized spacial score (nSPS) is 12.2. The maximum Gasteiger partial charge on any atom is 0.134 e. The minimum Gasteiger partial charge on any atom is -0.459 e. The van der Waals surface area contributed by atoms with E-state index in [4.69, 9.17) is 9.15 Å². The van der Waals surface area contributed by atoms with E-state index in [1.54, 1.807) is 0 Å². The zero-order chi connectivity index (χ0) is 13.9. The average Bonchev–Trinajstić information content (AvgIpc) is 2.71. The molecule has 1 aromatic heterocycles. The van der Waals surface area contributed by atoms with Gasteiger partial charge in [0.1, 0.15) is 11.3 Å². The van der Waals surface area contributed by atoms with Crippen LogP contribution in [-0.4, -0.2) is 12.1 Å². The fourth-order valence-corrected chi connectivity index (χ4v) is 2.00. The lowest BCUT2D eigenvalue weighted by Gasteiger charge is -2.20. The third kappa shape index (κ3) is 3.58. The van der Waals surface area contributed by atoms with Crippen molar-refractivity contribution >= 4 is 11.0 Å². The first-order valence-electron chi connectivity index (χ1n) is 6.83. The standard InChI is InChI=1S/C16H23NO2/c1-5-18-11-13-12-8-6-7-9-14(12)19-15(13)10-17-16(2,3)4/h6-9,17H,5,10-11H2,1-4H3. The van der Waals surface area contributed by atoms with Gasteiger partial charge in [0.15, 0.2) is 0 Å². The number of benzene rings is 1. The summed E-state index contributed by atoms with van der Waals surface area (Å²) >= 11 is 0. The van der Waals surface area contributed by atoms with E-state index in [-0.39, 0.29) is 5.54 Å². The summed E-state index contributed by atoms with van der Waals surface area (Å²) in [7, 11) is 0. The summed E-state index contributed by atoms with van der Waals surface area (Å²) in [5.41, 5.74) is 2.17. The van der Waals surface area contributed by atoms with E-state index < -0.39 is 0 Å². The summed E-state index contributed by atoms with van der Waals surface area (Å²) in [5, 5.41) is 4.62. The Bertz CT molecular complexity index is 537. The van der Waals surface area contributed by atoms with Crippen LogP contribution < -0.4 is 5.32 Å². The molecule has 0 spiro atoms. The molecule has 2 rings (SSSR count). The van der Waals surface area contributed by atoms with Crippen molar-refractivity contribution in [1.29, 1.82) is 0 Å². The molecule has 1 aromatic carbocycles. The fraction of sp³-hybridized carbons (Fsp3) is 0.500. The van der Waals surface area contributed by atoms with Crippen LogP contribution in [0.2, 0.25) is 0 Å². The molecule has 0 aliphatic heterocycles. The van der Waals surface area contributed by atoms with E-state index >= 15 is 0 Å². The van der Waals surface area contributed by atoms with E-state index in [0.29, 0.717) is 13.2 Å². The van der Waals surface area contributed by atoms with Crippen molar-refractivity contribution in [3.05, 3.63) is 35.6 Å². The second-order valence-corrected chi connectivity index (χ2v) is 5.74. The van der Waals surface area contributed by atoms with Crippen LogP contribution in [0.4, 0.5) is 0 Å². The molecule has 0 saturated carbocycles. The number of ether oxygens (including phenoxy) is 1. The van der Waals surface area contributed by atoms with Gasteiger partial charge in [-0.3, -0.25) is 0 Å². The number of hydrogen-bond acceptors (Lipinski definition) is 3. The Morgan fingerprint density at radius 2 is 1.95 bits per heavy atom. The van der Waals surface area contributed by atoms with E-state index in [1.165, 1.54) is 0 Å². The Balaban J connectivity index is 2.30. The lowest BCUT2D eigenvalue weighted by Crippen LogP contribution is -2.35. The Hall–Kier alpha value is -1.32. The molecule has 0 amide bonds. The second kappa shape index (κ2) is 5.76. The van der Waals surface area contributed by atoms with E-state index in [0.717, 1.165) is 28.8 Å². The summed E-state index contributed by atoms with van der Waals surface area (Å²) in [4.78, 5) is 0. The summed E-state index contributed by atoms with van der Waals surface area (Å²) in [6, 6.07) is 8.13. The summed E-state index contributed by atoms with van der Waals surface area (Å²) < 4.78 is 11.5. The van der Waals surface area contributed by atoms with Gasteiger partial charge in [-0.05, 0) is 33.8 Å². The van der Waals surface area contributed by atoms with Gasteiger partial charge < -0.3 is 14.5 Å². The highest BCUT2D eigenvalue weighted by atomic mass is 16.5. The molecule has 0 saturated heterocycles. The zero-order valence-corrected chi connectivity index (χ0v) is 12.2. The van der Waals surface area contributed by atoms with Gasteiger partial charge in [-0.25, -0.2) is 0 Å². The molecule has 1 heterocycles. The van der Waals surface area contributed by atoms with Gasteiger partial charge in [-0.1, -0.05) is 18.2 Å². The van der Waals surface area contributed by atoms with Crippen molar-refractivity contribution in [3.63, 3.8) is 0 Å². The minimum absolute atomic E-state index is 0.0713. The van der Waals surface area contributed by atoms with Crippen LogP contribution in [0.15, 0.2) is 28.7 Å². The first kappa shape index (κ1) is 14.1. The highest BCUT2D eigenvalue weighted by Crippen LogP contribution is 2.26. The zero-order valence-electron chi connectivity index (χ0n) is 12.2. The van der Waals surface area contributed by atoms with Gasteiger partial charge in [0.2, 0.25) is 0 Å². The van der Waals surface area contributed by atoms with Gasteiger partial charge in [0.05, 0.1) is 13.2 Å². The molecule has 0 atom stereocenters. The SMILES string of the molecule is CCOCc1c(CNC(C)(C)C)oc2ccccc12. The molecule has 1 N–H and O–H groups in total. The van der Waals surface area contributed by atoms with Gasteiger partial charge in [0.25, 0.3) is 0 Å². The van der Waals surface area contributed by atoms with Gasteiger partial charge in [0, 0.05) is 23.1 Å².